The Labute approximate surface area is 182 Å². The fraction of sp³-hybridized carbons (Fsp3) is 0.240. The van der Waals surface area contributed by atoms with Crippen LogP contribution in [-0.4, -0.2) is 28.5 Å². The summed E-state index contributed by atoms with van der Waals surface area (Å²) in [6.07, 6.45) is 1.44. The van der Waals surface area contributed by atoms with Crippen molar-refractivity contribution in [1.82, 2.24) is 10.2 Å². The zero-order valence-electron chi connectivity index (χ0n) is 16.7. The number of nitrogens with one attached hydrogen (secondary N) is 1. The maximum Gasteiger partial charge on any atom is 0.237 e. The first-order chi connectivity index (χ1) is 14.6. The average Bonchev–Trinajstić information content (AvgIpc) is 2.76. The molecule has 154 valence electrons. The van der Waals surface area contributed by atoms with Crippen LogP contribution >= 0.6 is 11.6 Å². The van der Waals surface area contributed by atoms with Gasteiger partial charge in [-0.1, -0.05) is 66.2 Å². The van der Waals surface area contributed by atoms with Crippen LogP contribution in [0.1, 0.15) is 22.3 Å². The molecule has 0 aliphatic carbocycles. The summed E-state index contributed by atoms with van der Waals surface area (Å²) >= 11 is 6.13. The Kier molecular flexibility index (Phi) is 6.36. The molecule has 0 saturated heterocycles. The van der Waals surface area contributed by atoms with Crippen LogP contribution in [0.4, 0.5) is 0 Å². The molecular formula is C25H25ClN2O2. The van der Waals surface area contributed by atoms with E-state index in [4.69, 9.17) is 11.6 Å². The predicted molar refractivity (Wildman–Crippen MR) is 119 cm³/mol. The molecule has 1 atom stereocenters. The van der Waals surface area contributed by atoms with Crippen molar-refractivity contribution in [2.45, 2.75) is 32.0 Å². The number of aromatic hydroxyl groups is 1. The summed E-state index contributed by atoms with van der Waals surface area (Å²) in [5.41, 5.74) is 4.34. The summed E-state index contributed by atoms with van der Waals surface area (Å²) in [5, 5.41) is 13.9. The maximum atomic E-state index is 13.1. The Balaban J connectivity index is 1.50. The van der Waals surface area contributed by atoms with Gasteiger partial charge in [0.2, 0.25) is 5.91 Å². The van der Waals surface area contributed by atoms with Crippen LogP contribution < -0.4 is 5.32 Å². The molecule has 30 heavy (non-hydrogen) atoms. The molecule has 5 heteroatoms. The molecule has 0 bridgehead atoms. The molecule has 3 aromatic carbocycles. The van der Waals surface area contributed by atoms with Gasteiger partial charge in [0.1, 0.15) is 5.75 Å². The smallest absolute Gasteiger partial charge is 0.237 e. The van der Waals surface area contributed by atoms with E-state index in [0.717, 1.165) is 12.0 Å². The van der Waals surface area contributed by atoms with Crippen LogP contribution in [0, 0.1) is 0 Å². The van der Waals surface area contributed by atoms with E-state index in [1.807, 2.05) is 30.3 Å². The minimum Gasteiger partial charge on any atom is -0.508 e. The highest BCUT2D eigenvalue weighted by atomic mass is 35.5. The molecule has 1 heterocycles. The number of phenolic OH excluding ortho intramolecular Hbond substituents is 1. The van der Waals surface area contributed by atoms with Crippen molar-refractivity contribution in [1.29, 1.82) is 0 Å². The van der Waals surface area contributed by atoms with E-state index in [-0.39, 0.29) is 17.7 Å². The molecule has 0 aromatic heterocycles. The normalized spacial score (nSPS) is 16.1. The minimum atomic E-state index is -0.297. The lowest BCUT2D eigenvalue weighted by Crippen LogP contribution is -2.50. The van der Waals surface area contributed by atoms with Gasteiger partial charge in [0.25, 0.3) is 0 Å². The number of phenols is 1. The summed E-state index contributed by atoms with van der Waals surface area (Å²) in [5.74, 6) is 0.212. The third-order valence-corrected chi connectivity index (χ3v) is 5.85. The topological polar surface area (TPSA) is 52.6 Å². The van der Waals surface area contributed by atoms with Crippen LogP contribution in [0.15, 0.2) is 72.8 Å². The van der Waals surface area contributed by atoms with E-state index in [1.54, 1.807) is 18.2 Å². The van der Waals surface area contributed by atoms with Gasteiger partial charge in [0.15, 0.2) is 0 Å². The first kappa shape index (κ1) is 20.5. The summed E-state index contributed by atoms with van der Waals surface area (Å²) in [6.45, 7) is 1.70. The number of halogens is 1. The predicted octanol–water partition coefficient (Wildman–Crippen LogP) is 4.33. The monoisotopic (exact) mass is 420 g/mol. The second-order valence-corrected chi connectivity index (χ2v) is 8.13. The van der Waals surface area contributed by atoms with Crippen LogP contribution in [0.3, 0.4) is 0 Å². The Morgan fingerprint density at radius 3 is 2.57 bits per heavy atom. The van der Waals surface area contributed by atoms with E-state index in [1.165, 1.54) is 16.7 Å². The molecule has 4 rings (SSSR count). The third kappa shape index (κ3) is 4.84. The Bertz CT molecular complexity index is 1020. The summed E-state index contributed by atoms with van der Waals surface area (Å²) in [4.78, 5) is 15.2. The first-order valence-electron chi connectivity index (χ1n) is 10.2. The highest BCUT2D eigenvalue weighted by Crippen LogP contribution is 2.29. The van der Waals surface area contributed by atoms with Gasteiger partial charge in [-0.05, 0) is 47.7 Å². The summed E-state index contributed by atoms with van der Waals surface area (Å²) in [6, 6.07) is 23.1. The molecular weight excluding hydrogens is 396 g/mol. The Morgan fingerprint density at radius 1 is 1.03 bits per heavy atom. The van der Waals surface area contributed by atoms with Gasteiger partial charge in [0, 0.05) is 30.2 Å². The fourth-order valence-electron chi connectivity index (χ4n) is 3.99. The number of hydrogen-bond donors (Lipinski definition) is 2. The van der Waals surface area contributed by atoms with E-state index < -0.39 is 0 Å². The molecule has 1 aliphatic heterocycles. The zero-order chi connectivity index (χ0) is 20.9. The van der Waals surface area contributed by atoms with Gasteiger partial charge in [-0.2, -0.15) is 0 Å². The standard InChI is InChI=1S/C25H25ClN2O2/c26-22-10-11-24(29)21(14-22)17-28-16-20-9-5-4-8-19(20)15-23(28)25(30)27-13-12-18-6-2-1-3-7-18/h1-11,14,23,29H,12-13,15-17H2,(H,27,30). The molecule has 0 radical (unpaired) electrons. The summed E-state index contributed by atoms with van der Waals surface area (Å²) < 4.78 is 0. The number of benzene rings is 3. The second kappa shape index (κ2) is 9.33. The molecule has 0 spiro atoms. The van der Waals surface area contributed by atoms with Crippen molar-refractivity contribution >= 4 is 17.5 Å². The third-order valence-electron chi connectivity index (χ3n) is 5.62. The average molecular weight is 421 g/mol. The van der Waals surface area contributed by atoms with Crippen LogP contribution in [0.25, 0.3) is 0 Å². The zero-order valence-corrected chi connectivity index (χ0v) is 17.5. The molecule has 4 nitrogen and oxygen atoms in total. The number of hydrogen-bond acceptors (Lipinski definition) is 3. The number of nitrogens with zero attached hydrogens (tertiary/aromatic N) is 1. The number of amides is 1. The van der Waals surface area contributed by atoms with Gasteiger partial charge < -0.3 is 10.4 Å². The molecule has 1 aliphatic rings. The van der Waals surface area contributed by atoms with Crippen molar-refractivity contribution in [2.24, 2.45) is 0 Å². The van der Waals surface area contributed by atoms with Gasteiger partial charge in [-0.15, -0.1) is 0 Å². The molecule has 3 aromatic rings. The van der Waals surface area contributed by atoms with Crippen molar-refractivity contribution in [2.75, 3.05) is 6.54 Å². The number of carbonyl (C=O) groups is 1. The molecule has 1 amide bonds. The fourth-order valence-corrected chi connectivity index (χ4v) is 4.19. The lowest BCUT2D eigenvalue weighted by molar-refractivity contribution is -0.127. The Hall–Kier alpha value is -2.82. The van der Waals surface area contributed by atoms with Gasteiger partial charge in [-0.25, -0.2) is 0 Å². The van der Waals surface area contributed by atoms with Gasteiger partial charge in [-0.3, -0.25) is 9.69 Å². The highest BCUT2D eigenvalue weighted by molar-refractivity contribution is 6.30. The first-order valence-corrected chi connectivity index (χ1v) is 10.6. The van der Waals surface area contributed by atoms with Crippen molar-refractivity contribution in [3.63, 3.8) is 0 Å². The van der Waals surface area contributed by atoms with Crippen molar-refractivity contribution in [3.05, 3.63) is 100 Å². The molecule has 2 N–H and O–H groups in total. The Morgan fingerprint density at radius 2 is 1.77 bits per heavy atom. The lowest BCUT2D eigenvalue weighted by atomic mass is 9.93. The van der Waals surface area contributed by atoms with Gasteiger partial charge >= 0.3 is 0 Å². The van der Waals surface area contributed by atoms with Gasteiger partial charge in [0.05, 0.1) is 6.04 Å². The van der Waals surface area contributed by atoms with E-state index in [2.05, 4.69) is 34.5 Å². The SMILES string of the molecule is O=C(NCCc1ccccc1)C1Cc2ccccc2CN1Cc1cc(Cl)ccc1O. The van der Waals surface area contributed by atoms with Crippen LogP contribution in [0.2, 0.25) is 5.02 Å². The van der Waals surface area contributed by atoms with E-state index in [0.29, 0.717) is 31.1 Å². The number of carbonyl (C=O) groups excluding carboxylic acids is 1. The summed E-state index contributed by atoms with van der Waals surface area (Å²) in [7, 11) is 0. The molecule has 1 unspecified atom stereocenters. The van der Waals surface area contributed by atoms with E-state index in [9.17, 15) is 9.90 Å². The van der Waals surface area contributed by atoms with Crippen molar-refractivity contribution < 1.29 is 9.90 Å². The lowest BCUT2D eigenvalue weighted by Gasteiger charge is -2.36. The van der Waals surface area contributed by atoms with Crippen LogP contribution in [0.5, 0.6) is 5.75 Å². The quantitative estimate of drug-likeness (QED) is 0.624. The second-order valence-electron chi connectivity index (χ2n) is 7.69. The minimum absolute atomic E-state index is 0.0157. The largest absolute Gasteiger partial charge is 0.508 e. The molecule has 0 fully saturated rings. The number of fused-ring (bicyclic) bond motifs is 1. The highest BCUT2D eigenvalue weighted by Gasteiger charge is 2.31. The van der Waals surface area contributed by atoms with Crippen molar-refractivity contribution in [3.8, 4) is 5.75 Å². The molecule has 0 saturated carbocycles. The number of rotatable bonds is 6. The maximum absolute atomic E-state index is 13.1. The van der Waals surface area contributed by atoms with Crippen LogP contribution in [-0.2, 0) is 30.7 Å². The van der Waals surface area contributed by atoms with E-state index >= 15 is 0 Å².